The molecule has 1 atom stereocenters. The van der Waals surface area contributed by atoms with E-state index >= 15 is 0 Å². The van der Waals surface area contributed by atoms with Gasteiger partial charge < -0.3 is 9.51 Å². The molecule has 18 heavy (non-hydrogen) atoms. The van der Waals surface area contributed by atoms with Crippen molar-refractivity contribution in [2.24, 2.45) is 0 Å². The first-order chi connectivity index (χ1) is 8.36. The first-order valence-electron chi connectivity index (χ1n) is 5.59. The SMILES string of the molecule is CCC(O)c1c(C)nc2c(C(F)(F)F)cccn12. The van der Waals surface area contributed by atoms with E-state index in [4.69, 9.17) is 0 Å². The van der Waals surface area contributed by atoms with Crippen molar-refractivity contribution in [1.29, 1.82) is 0 Å². The largest absolute Gasteiger partial charge is 0.419 e. The number of imidazole rings is 1. The van der Waals surface area contributed by atoms with Crippen LogP contribution in [0.2, 0.25) is 0 Å². The molecule has 0 saturated carbocycles. The van der Waals surface area contributed by atoms with E-state index < -0.39 is 17.8 Å². The van der Waals surface area contributed by atoms with Crippen LogP contribution >= 0.6 is 0 Å². The maximum Gasteiger partial charge on any atom is 0.419 e. The number of aryl methyl sites for hydroxylation is 1. The number of alkyl halides is 3. The van der Waals surface area contributed by atoms with Crippen LogP contribution in [0, 0.1) is 6.92 Å². The molecule has 0 aliphatic rings. The van der Waals surface area contributed by atoms with Crippen LogP contribution in [0.5, 0.6) is 0 Å². The van der Waals surface area contributed by atoms with Crippen molar-refractivity contribution in [3.8, 4) is 0 Å². The standard InChI is InChI=1S/C12H13F3N2O/c1-3-9(18)10-7(2)16-11-8(12(13,14)15)5-4-6-17(10)11/h4-6,9,18H,3H2,1-2H3. The first-order valence-corrected chi connectivity index (χ1v) is 5.59. The molecule has 2 aromatic heterocycles. The zero-order valence-electron chi connectivity index (χ0n) is 9.99. The zero-order chi connectivity index (χ0) is 13.5. The Morgan fingerprint density at radius 3 is 2.67 bits per heavy atom. The smallest absolute Gasteiger partial charge is 0.387 e. The lowest BCUT2D eigenvalue weighted by atomic mass is 10.1. The summed E-state index contributed by atoms with van der Waals surface area (Å²) in [5.41, 5.74) is -0.118. The van der Waals surface area contributed by atoms with Gasteiger partial charge in [-0.1, -0.05) is 6.92 Å². The summed E-state index contributed by atoms with van der Waals surface area (Å²) in [6, 6.07) is 2.30. The van der Waals surface area contributed by atoms with Crippen LogP contribution in [0.1, 0.15) is 36.4 Å². The molecule has 2 aromatic rings. The van der Waals surface area contributed by atoms with Gasteiger partial charge in [-0.3, -0.25) is 0 Å². The van der Waals surface area contributed by atoms with Gasteiger partial charge in [0.05, 0.1) is 23.1 Å². The van der Waals surface area contributed by atoms with Gasteiger partial charge in [-0.15, -0.1) is 0 Å². The van der Waals surface area contributed by atoms with E-state index in [1.807, 2.05) is 0 Å². The number of hydrogen-bond acceptors (Lipinski definition) is 2. The number of aliphatic hydroxyl groups excluding tert-OH is 1. The lowest BCUT2D eigenvalue weighted by molar-refractivity contribution is -0.136. The summed E-state index contributed by atoms with van der Waals surface area (Å²) in [7, 11) is 0. The topological polar surface area (TPSA) is 37.5 Å². The fourth-order valence-electron chi connectivity index (χ4n) is 2.02. The average molecular weight is 258 g/mol. The molecule has 0 amide bonds. The van der Waals surface area contributed by atoms with Gasteiger partial charge in [0.15, 0.2) is 0 Å². The molecular weight excluding hydrogens is 245 g/mol. The molecule has 0 bridgehead atoms. The van der Waals surface area contributed by atoms with Gasteiger partial charge in [0.2, 0.25) is 0 Å². The molecule has 0 fully saturated rings. The summed E-state index contributed by atoms with van der Waals surface area (Å²) in [5.74, 6) is 0. The highest BCUT2D eigenvalue weighted by Gasteiger charge is 2.34. The minimum absolute atomic E-state index is 0.162. The van der Waals surface area contributed by atoms with Crippen LogP contribution in [0.4, 0.5) is 13.2 Å². The van der Waals surface area contributed by atoms with Crippen molar-refractivity contribution in [1.82, 2.24) is 9.38 Å². The number of hydrogen-bond donors (Lipinski definition) is 1. The van der Waals surface area contributed by atoms with Gasteiger partial charge >= 0.3 is 6.18 Å². The second kappa shape index (κ2) is 4.28. The van der Waals surface area contributed by atoms with Crippen LogP contribution in [-0.2, 0) is 6.18 Å². The van der Waals surface area contributed by atoms with Crippen molar-refractivity contribution in [3.63, 3.8) is 0 Å². The van der Waals surface area contributed by atoms with Gasteiger partial charge in [-0.2, -0.15) is 13.2 Å². The van der Waals surface area contributed by atoms with Crippen LogP contribution in [0.15, 0.2) is 18.3 Å². The summed E-state index contributed by atoms with van der Waals surface area (Å²) < 4.78 is 39.8. The monoisotopic (exact) mass is 258 g/mol. The summed E-state index contributed by atoms with van der Waals surface area (Å²) in [6.45, 7) is 3.36. The summed E-state index contributed by atoms with van der Waals surface area (Å²) in [5, 5.41) is 9.85. The highest BCUT2D eigenvalue weighted by molar-refractivity contribution is 5.52. The Balaban J connectivity index is 2.75. The van der Waals surface area contributed by atoms with Crippen molar-refractivity contribution in [2.75, 3.05) is 0 Å². The van der Waals surface area contributed by atoms with E-state index in [0.717, 1.165) is 6.07 Å². The molecule has 1 unspecified atom stereocenters. The molecule has 0 aliphatic heterocycles. The van der Waals surface area contributed by atoms with E-state index in [9.17, 15) is 18.3 Å². The Hall–Kier alpha value is -1.56. The molecular formula is C12H13F3N2O. The van der Waals surface area contributed by atoms with E-state index in [1.54, 1.807) is 13.8 Å². The number of halogens is 3. The Morgan fingerprint density at radius 1 is 1.44 bits per heavy atom. The third-order valence-corrected chi connectivity index (χ3v) is 2.88. The van der Waals surface area contributed by atoms with Gasteiger partial charge in [0.1, 0.15) is 5.65 Å². The second-order valence-electron chi connectivity index (χ2n) is 4.12. The van der Waals surface area contributed by atoms with Crippen LogP contribution in [0.3, 0.4) is 0 Å². The number of aromatic nitrogens is 2. The normalized spacial score (nSPS) is 14.1. The number of pyridine rings is 1. The molecule has 0 aliphatic carbocycles. The fraction of sp³-hybridized carbons (Fsp3) is 0.417. The number of fused-ring (bicyclic) bond motifs is 1. The van der Waals surface area contributed by atoms with Gasteiger partial charge in [-0.25, -0.2) is 4.98 Å². The molecule has 0 spiro atoms. The fourth-order valence-corrected chi connectivity index (χ4v) is 2.02. The summed E-state index contributed by atoms with van der Waals surface area (Å²) in [4.78, 5) is 3.93. The number of nitrogens with zero attached hydrogens (tertiary/aromatic N) is 2. The lowest BCUT2D eigenvalue weighted by Gasteiger charge is -2.11. The molecule has 0 aromatic carbocycles. The molecule has 2 rings (SSSR count). The van der Waals surface area contributed by atoms with Crippen molar-refractivity contribution >= 4 is 5.65 Å². The number of aliphatic hydroxyl groups is 1. The molecule has 3 nitrogen and oxygen atoms in total. The van der Waals surface area contributed by atoms with Gasteiger partial charge in [0.25, 0.3) is 0 Å². The molecule has 1 N–H and O–H groups in total. The van der Waals surface area contributed by atoms with Gasteiger partial charge in [-0.05, 0) is 25.5 Å². The highest BCUT2D eigenvalue weighted by atomic mass is 19.4. The van der Waals surface area contributed by atoms with Crippen LogP contribution in [0.25, 0.3) is 5.65 Å². The predicted molar refractivity (Wildman–Crippen MR) is 60.2 cm³/mol. The average Bonchev–Trinajstić information content (AvgIpc) is 2.62. The van der Waals surface area contributed by atoms with E-state index in [1.165, 1.54) is 16.7 Å². The van der Waals surface area contributed by atoms with E-state index in [-0.39, 0.29) is 5.65 Å². The van der Waals surface area contributed by atoms with Crippen LogP contribution in [-0.4, -0.2) is 14.5 Å². The third kappa shape index (κ3) is 1.96. The Morgan fingerprint density at radius 2 is 2.11 bits per heavy atom. The maximum absolute atomic E-state index is 12.8. The zero-order valence-corrected chi connectivity index (χ0v) is 9.99. The quantitative estimate of drug-likeness (QED) is 0.898. The van der Waals surface area contributed by atoms with Gasteiger partial charge in [0, 0.05) is 6.20 Å². The summed E-state index contributed by atoms with van der Waals surface area (Å²) >= 11 is 0. The molecule has 2 heterocycles. The van der Waals surface area contributed by atoms with E-state index in [2.05, 4.69) is 4.98 Å². The van der Waals surface area contributed by atoms with Crippen molar-refractivity contribution in [3.05, 3.63) is 35.3 Å². The van der Waals surface area contributed by atoms with Crippen molar-refractivity contribution in [2.45, 2.75) is 32.5 Å². The molecule has 0 saturated heterocycles. The summed E-state index contributed by atoms with van der Waals surface area (Å²) in [6.07, 6.45) is -3.36. The highest BCUT2D eigenvalue weighted by Crippen LogP contribution is 2.33. The Kier molecular flexibility index (Phi) is 3.06. The Labute approximate surface area is 102 Å². The Bertz CT molecular complexity index is 574. The minimum Gasteiger partial charge on any atom is -0.387 e. The second-order valence-corrected chi connectivity index (χ2v) is 4.12. The minimum atomic E-state index is -4.45. The number of rotatable bonds is 2. The molecule has 0 radical (unpaired) electrons. The predicted octanol–water partition coefficient (Wildman–Crippen LogP) is 3.10. The van der Waals surface area contributed by atoms with Crippen LogP contribution < -0.4 is 0 Å². The lowest BCUT2D eigenvalue weighted by Crippen LogP contribution is -2.08. The van der Waals surface area contributed by atoms with E-state index in [0.29, 0.717) is 17.8 Å². The first kappa shape index (κ1) is 12.9. The molecule has 98 valence electrons. The van der Waals surface area contributed by atoms with Crippen molar-refractivity contribution < 1.29 is 18.3 Å². The third-order valence-electron chi connectivity index (χ3n) is 2.88. The maximum atomic E-state index is 12.8. The molecule has 6 heteroatoms.